The molecule has 1 aromatic heterocycles. The van der Waals surface area contributed by atoms with Gasteiger partial charge in [-0.15, -0.1) is 0 Å². The molecular formula is C15H9Cl2FN2O. The largest absolute Gasteiger partial charge is 0.361 e. The molecule has 2 aromatic carbocycles. The van der Waals surface area contributed by atoms with Crippen molar-refractivity contribution in [2.75, 3.05) is 5.32 Å². The van der Waals surface area contributed by atoms with Gasteiger partial charge in [-0.3, -0.25) is 4.79 Å². The monoisotopic (exact) mass is 322 g/mol. The second-order valence-corrected chi connectivity index (χ2v) is 5.30. The van der Waals surface area contributed by atoms with E-state index in [0.29, 0.717) is 11.3 Å². The van der Waals surface area contributed by atoms with Crippen molar-refractivity contribution in [2.45, 2.75) is 0 Å². The molecule has 1 amide bonds. The zero-order valence-electron chi connectivity index (χ0n) is 10.6. The molecule has 3 rings (SSSR count). The van der Waals surface area contributed by atoms with Crippen molar-refractivity contribution in [3.63, 3.8) is 0 Å². The number of aromatic amines is 1. The lowest BCUT2D eigenvalue weighted by Gasteiger charge is -2.07. The molecule has 0 atom stereocenters. The first-order valence-electron chi connectivity index (χ1n) is 6.07. The molecule has 0 radical (unpaired) electrons. The summed E-state index contributed by atoms with van der Waals surface area (Å²) in [6, 6.07) is 9.77. The second kappa shape index (κ2) is 5.39. The van der Waals surface area contributed by atoms with Crippen molar-refractivity contribution in [2.24, 2.45) is 0 Å². The average molecular weight is 323 g/mol. The fourth-order valence-electron chi connectivity index (χ4n) is 2.03. The van der Waals surface area contributed by atoms with Gasteiger partial charge in [0.2, 0.25) is 0 Å². The van der Waals surface area contributed by atoms with Crippen LogP contribution in [0.2, 0.25) is 10.0 Å². The molecule has 6 heteroatoms. The van der Waals surface area contributed by atoms with Gasteiger partial charge >= 0.3 is 0 Å². The zero-order chi connectivity index (χ0) is 15.0. The van der Waals surface area contributed by atoms with Crippen molar-refractivity contribution in [3.05, 3.63) is 64.0 Å². The van der Waals surface area contributed by atoms with Gasteiger partial charge in [0.25, 0.3) is 5.91 Å². The SMILES string of the molecule is O=C(Nc1cc(Cl)c(F)c(Cl)c1)c1ccc2[nH]ccc2c1. The summed E-state index contributed by atoms with van der Waals surface area (Å²) in [6.45, 7) is 0. The van der Waals surface area contributed by atoms with E-state index in [2.05, 4.69) is 10.3 Å². The lowest BCUT2D eigenvalue weighted by molar-refractivity contribution is 0.102. The Kier molecular flexibility index (Phi) is 3.57. The molecule has 0 spiro atoms. The van der Waals surface area contributed by atoms with E-state index in [1.807, 2.05) is 12.1 Å². The number of hydrogen-bond donors (Lipinski definition) is 2. The molecule has 0 bridgehead atoms. The number of fused-ring (bicyclic) bond motifs is 1. The number of rotatable bonds is 2. The highest BCUT2D eigenvalue weighted by atomic mass is 35.5. The lowest BCUT2D eigenvalue weighted by Crippen LogP contribution is -2.11. The molecule has 0 aliphatic rings. The third-order valence-corrected chi connectivity index (χ3v) is 3.61. The molecule has 106 valence electrons. The van der Waals surface area contributed by atoms with Crippen LogP contribution in [0.4, 0.5) is 10.1 Å². The van der Waals surface area contributed by atoms with Crippen molar-refractivity contribution >= 4 is 45.7 Å². The second-order valence-electron chi connectivity index (χ2n) is 4.49. The van der Waals surface area contributed by atoms with E-state index in [1.165, 1.54) is 12.1 Å². The molecule has 3 nitrogen and oxygen atoms in total. The van der Waals surface area contributed by atoms with Gasteiger partial charge in [0.1, 0.15) is 0 Å². The number of anilines is 1. The summed E-state index contributed by atoms with van der Waals surface area (Å²) < 4.78 is 13.3. The highest BCUT2D eigenvalue weighted by molar-refractivity contribution is 6.35. The Morgan fingerprint density at radius 2 is 1.81 bits per heavy atom. The molecular weight excluding hydrogens is 314 g/mol. The van der Waals surface area contributed by atoms with E-state index in [4.69, 9.17) is 23.2 Å². The Balaban J connectivity index is 1.88. The third-order valence-electron chi connectivity index (χ3n) is 3.06. The summed E-state index contributed by atoms with van der Waals surface area (Å²) in [5, 5.41) is 3.29. The molecule has 0 unspecified atom stereocenters. The van der Waals surface area contributed by atoms with E-state index in [9.17, 15) is 9.18 Å². The number of amides is 1. The predicted octanol–water partition coefficient (Wildman–Crippen LogP) is 4.87. The van der Waals surface area contributed by atoms with Crippen molar-refractivity contribution in [3.8, 4) is 0 Å². The summed E-state index contributed by atoms with van der Waals surface area (Å²) >= 11 is 11.4. The fraction of sp³-hybridized carbons (Fsp3) is 0. The molecule has 0 saturated carbocycles. The van der Waals surface area contributed by atoms with Gasteiger partial charge in [-0.25, -0.2) is 4.39 Å². The third kappa shape index (κ3) is 2.73. The highest BCUT2D eigenvalue weighted by Crippen LogP contribution is 2.27. The van der Waals surface area contributed by atoms with E-state index in [-0.39, 0.29) is 16.0 Å². The number of carbonyl (C=O) groups excluding carboxylic acids is 1. The van der Waals surface area contributed by atoms with Gasteiger partial charge in [-0.2, -0.15) is 0 Å². The Labute approximate surface area is 129 Å². The number of H-pyrrole nitrogens is 1. The Morgan fingerprint density at radius 3 is 2.52 bits per heavy atom. The Hall–Kier alpha value is -2.04. The van der Waals surface area contributed by atoms with Crippen molar-refractivity contribution < 1.29 is 9.18 Å². The molecule has 2 N–H and O–H groups in total. The van der Waals surface area contributed by atoms with Crippen LogP contribution in [0.1, 0.15) is 10.4 Å². The quantitative estimate of drug-likeness (QED) is 0.650. The van der Waals surface area contributed by atoms with Gasteiger partial charge in [-0.1, -0.05) is 23.2 Å². The van der Waals surface area contributed by atoms with Crippen LogP contribution in [0.5, 0.6) is 0 Å². The molecule has 0 aliphatic heterocycles. The van der Waals surface area contributed by atoms with Gasteiger partial charge in [0.05, 0.1) is 10.0 Å². The average Bonchev–Trinajstić information content (AvgIpc) is 2.91. The maximum absolute atomic E-state index is 13.3. The first-order chi connectivity index (χ1) is 10.0. The molecule has 0 saturated heterocycles. The molecule has 21 heavy (non-hydrogen) atoms. The van der Waals surface area contributed by atoms with Gasteiger partial charge in [0, 0.05) is 28.4 Å². The summed E-state index contributed by atoms with van der Waals surface area (Å²) in [5.74, 6) is -1.03. The summed E-state index contributed by atoms with van der Waals surface area (Å²) in [5.41, 5.74) is 1.77. The van der Waals surface area contributed by atoms with E-state index >= 15 is 0 Å². The first kappa shape index (κ1) is 13.9. The van der Waals surface area contributed by atoms with Crippen molar-refractivity contribution in [1.29, 1.82) is 0 Å². The van der Waals surface area contributed by atoms with Gasteiger partial charge in [0.15, 0.2) is 5.82 Å². The number of nitrogens with one attached hydrogen (secondary N) is 2. The number of aromatic nitrogens is 1. The van der Waals surface area contributed by atoms with Crippen LogP contribution in [0.3, 0.4) is 0 Å². The molecule has 0 aliphatic carbocycles. The normalized spacial score (nSPS) is 10.8. The van der Waals surface area contributed by atoms with Crippen LogP contribution >= 0.6 is 23.2 Å². The predicted molar refractivity (Wildman–Crippen MR) is 82.7 cm³/mol. The van der Waals surface area contributed by atoms with Gasteiger partial charge < -0.3 is 10.3 Å². The molecule has 0 fully saturated rings. The molecule has 1 heterocycles. The minimum Gasteiger partial charge on any atom is -0.361 e. The van der Waals surface area contributed by atoms with E-state index in [0.717, 1.165) is 10.9 Å². The first-order valence-corrected chi connectivity index (χ1v) is 6.83. The van der Waals surface area contributed by atoms with Gasteiger partial charge in [-0.05, 0) is 36.4 Å². The van der Waals surface area contributed by atoms with E-state index in [1.54, 1.807) is 18.3 Å². The minimum absolute atomic E-state index is 0.140. The lowest BCUT2D eigenvalue weighted by atomic mass is 10.1. The van der Waals surface area contributed by atoms with Crippen LogP contribution < -0.4 is 5.32 Å². The Bertz CT molecular complexity index is 822. The van der Waals surface area contributed by atoms with E-state index < -0.39 is 5.82 Å². The van der Waals surface area contributed by atoms with Crippen molar-refractivity contribution in [1.82, 2.24) is 4.98 Å². The maximum atomic E-state index is 13.3. The maximum Gasteiger partial charge on any atom is 0.255 e. The number of benzene rings is 2. The number of hydrogen-bond acceptors (Lipinski definition) is 1. The topological polar surface area (TPSA) is 44.9 Å². The van der Waals surface area contributed by atoms with Crippen LogP contribution in [0.25, 0.3) is 10.9 Å². The Morgan fingerprint density at radius 1 is 1.10 bits per heavy atom. The fourth-order valence-corrected chi connectivity index (χ4v) is 2.51. The van der Waals surface area contributed by atoms with Crippen LogP contribution in [0.15, 0.2) is 42.6 Å². The van der Waals surface area contributed by atoms with Crippen LogP contribution in [-0.2, 0) is 0 Å². The number of carbonyl (C=O) groups is 1. The van der Waals surface area contributed by atoms with Crippen LogP contribution in [0, 0.1) is 5.82 Å². The number of halogens is 3. The summed E-state index contributed by atoms with van der Waals surface area (Å²) in [7, 11) is 0. The van der Waals surface area contributed by atoms with Crippen LogP contribution in [-0.4, -0.2) is 10.9 Å². The summed E-state index contributed by atoms with van der Waals surface area (Å²) in [6.07, 6.45) is 1.80. The standard InChI is InChI=1S/C15H9Cl2FN2O/c16-11-6-10(7-12(17)14(11)18)20-15(21)9-1-2-13-8(5-9)3-4-19-13/h1-7,19H,(H,20,21). The smallest absolute Gasteiger partial charge is 0.255 e. The summed E-state index contributed by atoms with van der Waals surface area (Å²) in [4.78, 5) is 15.2. The highest BCUT2D eigenvalue weighted by Gasteiger charge is 2.11. The zero-order valence-corrected chi connectivity index (χ0v) is 12.1. The minimum atomic E-state index is -0.704. The molecule has 3 aromatic rings.